The molecule has 20 nitrogen and oxygen atoms in total. The molecule has 1 aromatic heterocycles. The average Bonchev–Trinajstić information content (AvgIpc) is 3.89. The fraction of sp³-hybridized carbons (Fsp3) is 0.439. The summed E-state index contributed by atoms with van der Waals surface area (Å²) in [7, 11) is 0. The number of hydrogen-bond donors (Lipinski definition) is 10. The van der Waals surface area contributed by atoms with E-state index >= 15 is 0 Å². The SMILES string of the molecule is CC(=O)N[C@@H](Cc1ccccc1)C(=O)NC1CNC(=O)[C@H](CCCN=C(N)N)NC(=O)[C@H](Cc2c[nH]c3ccccc23)NC(=O)[C@@H](CCC(N)=O)NC(=O)C2CCCN2C1=O. The summed E-state index contributed by atoms with van der Waals surface area (Å²) in [6.45, 7) is 0.992. The van der Waals surface area contributed by atoms with Gasteiger partial charge in [0.15, 0.2) is 5.96 Å². The Hall–Kier alpha value is -6.99. The zero-order valence-corrected chi connectivity index (χ0v) is 33.9. The number of nitrogens with one attached hydrogen (secondary N) is 7. The fourth-order valence-electron chi connectivity index (χ4n) is 7.48. The van der Waals surface area contributed by atoms with Gasteiger partial charge in [-0.15, -0.1) is 0 Å². The first kappa shape index (κ1) is 45.1. The molecule has 2 aliphatic rings. The maximum Gasteiger partial charge on any atom is 0.247 e. The van der Waals surface area contributed by atoms with Crippen molar-refractivity contribution < 1.29 is 38.4 Å². The van der Waals surface area contributed by atoms with Gasteiger partial charge >= 0.3 is 0 Å². The number of aromatic amines is 1. The van der Waals surface area contributed by atoms with E-state index in [0.717, 1.165) is 16.5 Å². The van der Waals surface area contributed by atoms with Crippen molar-refractivity contribution >= 4 is 64.1 Å². The quantitative estimate of drug-likeness (QED) is 0.0476. The Bertz CT molecular complexity index is 2120. The highest BCUT2D eigenvalue weighted by atomic mass is 16.2. The second-order valence-electron chi connectivity index (χ2n) is 15.1. The number of para-hydroxylation sites is 1. The number of nitrogens with zero attached hydrogens (tertiary/aromatic N) is 2. The number of carbonyl (C=O) groups excluding carboxylic acids is 8. The molecule has 0 spiro atoms. The standard InChI is InChI=1S/C41H54N12O8/c1-23(54)48-30(19-24-9-3-2-4-10-24)37(58)52-32-22-47-35(56)28(13-7-17-45-41(43)44)49-38(59)31(20-25-21-46-27-12-6-5-11-26(25)27)51-36(57)29(15-16-34(42)55)50-39(60)33-14-8-18-53(33)40(32)61/h2-6,9-12,21,28-33,46H,7-8,13-20,22H2,1H3,(H2,42,55)(H,47,56)(H,48,54)(H,49,59)(H,50,60)(H,51,57)(H,52,58)(H4,43,44,45)/t28-,29+,30-,31-,32?,33?/m0/s1. The Morgan fingerprint density at radius 2 is 1.52 bits per heavy atom. The van der Waals surface area contributed by atoms with Crippen molar-refractivity contribution in [2.75, 3.05) is 19.6 Å². The number of nitrogens with two attached hydrogens (primary N) is 3. The highest BCUT2D eigenvalue weighted by Gasteiger charge is 2.41. The molecule has 0 saturated carbocycles. The third-order valence-corrected chi connectivity index (χ3v) is 10.5. The number of fused-ring (bicyclic) bond motifs is 2. The average molecular weight is 843 g/mol. The summed E-state index contributed by atoms with van der Waals surface area (Å²) in [5.74, 6) is -5.86. The van der Waals surface area contributed by atoms with Crippen molar-refractivity contribution in [3.8, 4) is 0 Å². The summed E-state index contributed by atoms with van der Waals surface area (Å²) in [6, 6.07) is 8.64. The number of primary amides is 1. The van der Waals surface area contributed by atoms with Gasteiger partial charge in [0, 0.05) is 62.9 Å². The zero-order valence-electron chi connectivity index (χ0n) is 33.9. The molecule has 5 rings (SSSR count). The second-order valence-corrected chi connectivity index (χ2v) is 15.1. The van der Waals surface area contributed by atoms with E-state index in [1.54, 1.807) is 36.5 Å². The molecule has 6 atom stereocenters. The number of aromatic nitrogens is 1. The highest BCUT2D eigenvalue weighted by molar-refractivity contribution is 5.98. The molecule has 13 N–H and O–H groups in total. The van der Waals surface area contributed by atoms with Crippen molar-refractivity contribution in [1.29, 1.82) is 0 Å². The van der Waals surface area contributed by atoms with Gasteiger partial charge in [0.1, 0.15) is 36.3 Å². The Balaban J connectivity index is 1.51. The number of carbonyl (C=O) groups is 8. The number of benzene rings is 2. The topological polar surface area (TPSA) is 318 Å². The van der Waals surface area contributed by atoms with Gasteiger partial charge in [-0.25, -0.2) is 0 Å². The van der Waals surface area contributed by atoms with Crippen LogP contribution >= 0.6 is 0 Å². The number of hydrogen-bond acceptors (Lipinski definition) is 9. The number of aliphatic imine (C=N–C) groups is 1. The molecule has 2 aliphatic heterocycles. The van der Waals surface area contributed by atoms with Gasteiger partial charge in [0.2, 0.25) is 47.3 Å². The summed E-state index contributed by atoms with van der Waals surface area (Å²) in [5.41, 5.74) is 18.6. The van der Waals surface area contributed by atoms with Crippen LogP contribution in [0.1, 0.15) is 56.6 Å². The first-order valence-corrected chi connectivity index (χ1v) is 20.2. The monoisotopic (exact) mass is 842 g/mol. The van der Waals surface area contributed by atoms with Crippen LogP contribution in [0, 0.1) is 0 Å². The lowest BCUT2D eigenvalue weighted by Gasteiger charge is -2.32. The third kappa shape index (κ3) is 12.8. The molecule has 2 fully saturated rings. The van der Waals surface area contributed by atoms with Crippen molar-refractivity contribution in [3.05, 3.63) is 71.9 Å². The highest BCUT2D eigenvalue weighted by Crippen LogP contribution is 2.21. The van der Waals surface area contributed by atoms with Crippen LogP contribution in [-0.2, 0) is 51.2 Å². The number of amides is 8. The van der Waals surface area contributed by atoms with Gasteiger partial charge in [-0.1, -0.05) is 48.5 Å². The van der Waals surface area contributed by atoms with E-state index in [-0.39, 0.29) is 64.0 Å². The van der Waals surface area contributed by atoms with Crippen LogP contribution < -0.4 is 49.1 Å². The van der Waals surface area contributed by atoms with Crippen molar-refractivity contribution in [1.82, 2.24) is 41.8 Å². The van der Waals surface area contributed by atoms with E-state index in [0.29, 0.717) is 12.0 Å². The Morgan fingerprint density at radius 3 is 2.25 bits per heavy atom. The minimum atomic E-state index is -1.45. The first-order valence-electron chi connectivity index (χ1n) is 20.2. The molecular formula is C41H54N12O8. The van der Waals surface area contributed by atoms with Crippen molar-refractivity contribution in [3.63, 3.8) is 0 Å². The lowest BCUT2D eigenvalue weighted by molar-refractivity contribution is -0.143. The molecule has 0 bridgehead atoms. The number of guanidine groups is 1. The van der Waals surface area contributed by atoms with Crippen LogP contribution in [0.25, 0.3) is 10.9 Å². The molecule has 3 aromatic rings. The van der Waals surface area contributed by atoms with Gasteiger partial charge in [-0.05, 0) is 49.3 Å². The first-order chi connectivity index (χ1) is 29.2. The molecule has 0 aliphatic carbocycles. The van der Waals surface area contributed by atoms with Gasteiger partial charge in [-0.3, -0.25) is 43.3 Å². The fourth-order valence-corrected chi connectivity index (χ4v) is 7.48. The molecule has 20 heteroatoms. The normalized spacial score (nSPS) is 21.9. The maximum atomic E-state index is 14.4. The van der Waals surface area contributed by atoms with Crippen LogP contribution in [0.5, 0.6) is 0 Å². The largest absolute Gasteiger partial charge is 0.370 e. The smallest absolute Gasteiger partial charge is 0.247 e. The second kappa shape index (κ2) is 21.3. The maximum absolute atomic E-state index is 14.4. The lowest BCUT2D eigenvalue weighted by Crippen LogP contribution is -2.62. The van der Waals surface area contributed by atoms with Crippen LogP contribution in [-0.4, -0.2) is 119 Å². The predicted molar refractivity (Wildman–Crippen MR) is 224 cm³/mol. The Morgan fingerprint density at radius 1 is 0.852 bits per heavy atom. The summed E-state index contributed by atoms with van der Waals surface area (Å²) < 4.78 is 0. The third-order valence-electron chi connectivity index (χ3n) is 10.5. The number of H-pyrrole nitrogens is 1. The van der Waals surface area contributed by atoms with Gasteiger partial charge in [0.05, 0.1) is 0 Å². The van der Waals surface area contributed by atoms with Crippen LogP contribution in [0.2, 0.25) is 0 Å². The summed E-state index contributed by atoms with van der Waals surface area (Å²) in [6.07, 6.45) is 2.03. The van der Waals surface area contributed by atoms with Crippen LogP contribution in [0.3, 0.4) is 0 Å². The summed E-state index contributed by atoms with van der Waals surface area (Å²) in [5, 5.41) is 16.9. The van der Waals surface area contributed by atoms with Crippen LogP contribution in [0.15, 0.2) is 65.8 Å². The minimum absolute atomic E-state index is 0.0141. The van der Waals surface area contributed by atoms with Crippen LogP contribution in [0.4, 0.5) is 0 Å². The van der Waals surface area contributed by atoms with E-state index in [9.17, 15) is 38.4 Å². The Labute approximate surface area is 351 Å². The van der Waals surface area contributed by atoms with E-state index in [1.165, 1.54) is 11.8 Å². The predicted octanol–water partition coefficient (Wildman–Crippen LogP) is -2.16. The van der Waals surface area contributed by atoms with Crippen molar-refractivity contribution in [2.45, 2.75) is 94.5 Å². The van der Waals surface area contributed by atoms with E-state index in [1.807, 2.05) is 24.3 Å². The van der Waals surface area contributed by atoms with Gasteiger partial charge < -0.3 is 59.0 Å². The Kier molecular flexibility index (Phi) is 15.8. The van der Waals surface area contributed by atoms with Gasteiger partial charge in [0.25, 0.3) is 0 Å². The number of rotatable bonds is 14. The molecule has 3 heterocycles. The summed E-state index contributed by atoms with van der Waals surface area (Å²) in [4.78, 5) is 117. The van der Waals surface area contributed by atoms with E-state index in [4.69, 9.17) is 17.2 Å². The molecule has 2 aromatic carbocycles. The van der Waals surface area contributed by atoms with E-state index < -0.39 is 90.1 Å². The minimum Gasteiger partial charge on any atom is -0.370 e. The molecule has 326 valence electrons. The van der Waals surface area contributed by atoms with Gasteiger partial charge in [-0.2, -0.15) is 0 Å². The summed E-state index contributed by atoms with van der Waals surface area (Å²) >= 11 is 0. The molecule has 0 radical (unpaired) electrons. The lowest BCUT2D eigenvalue weighted by atomic mass is 10.0. The van der Waals surface area contributed by atoms with E-state index in [2.05, 4.69) is 41.9 Å². The molecule has 2 unspecified atom stereocenters. The van der Waals surface area contributed by atoms with Crippen molar-refractivity contribution in [2.24, 2.45) is 22.2 Å². The molecular weight excluding hydrogens is 789 g/mol. The molecule has 61 heavy (non-hydrogen) atoms. The molecule has 2 saturated heterocycles. The zero-order chi connectivity index (χ0) is 44.1. The molecule has 8 amide bonds.